The molecule has 2 aliphatic rings. The minimum Gasteiger partial charge on any atom is -0.489 e. The van der Waals surface area contributed by atoms with Crippen LogP contribution in [-0.4, -0.2) is 16.7 Å². The average molecular weight is 468 g/mol. The van der Waals surface area contributed by atoms with Crippen LogP contribution in [0.5, 0.6) is 5.75 Å². The van der Waals surface area contributed by atoms with Crippen LogP contribution in [-0.2, 0) is 16.2 Å². The van der Waals surface area contributed by atoms with E-state index in [-0.39, 0.29) is 17.1 Å². The first-order valence-corrected chi connectivity index (χ1v) is 11.9. The fraction of sp³-hybridized carbons (Fsp3) is 0.276. The summed E-state index contributed by atoms with van der Waals surface area (Å²) in [5, 5.41) is 3.52. The Morgan fingerprint density at radius 1 is 1.06 bits per heavy atom. The molecule has 1 N–H and O–H groups in total. The lowest BCUT2D eigenvalue weighted by Crippen LogP contribution is -2.38. The SMILES string of the molecule is CC(=O)N1c2ccccc2NC2=C(C(=O)CC(C)(C)C2)C1c1ccc(OCc2ccncc2)cc1. The van der Waals surface area contributed by atoms with Crippen molar-refractivity contribution in [2.75, 3.05) is 10.2 Å². The van der Waals surface area contributed by atoms with Crippen LogP contribution in [0.2, 0.25) is 0 Å². The lowest BCUT2D eigenvalue weighted by molar-refractivity contribution is -0.118. The third kappa shape index (κ3) is 4.56. The Morgan fingerprint density at radius 2 is 1.77 bits per heavy atom. The summed E-state index contributed by atoms with van der Waals surface area (Å²) in [6.07, 6.45) is 4.66. The largest absolute Gasteiger partial charge is 0.489 e. The second kappa shape index (κ2) is 9.02. The molecule has 0 saturated heterocycles. The Kier molecular flexibility index (Phi) is 5.89. The van der Waals surface area contributed by atoms with Gasteiger partial charge in [-0.15, -0.1) is 0 Å². The van der Waals surface area contributed by atoms with E-state index in [0.29, 0.717) is 18.6 Å². The summed E-state index contributed by atoms with van der Waals surface area (Å²) in [6, 6.07) is 18.8. The number of nitrogens with zero attached hydrogens (tertiary/aromatic N) is 2. The van der Waals surface area contributed by atoms with E-state index in [1.165, 1.54) is 0 Å². The van der Waals surface area contributed by atoms with Crippen LogP contribution >= 0.6 is 0 Å². The Hall–Kier alpha value is -3.93. The summed E-state index contributed by atoms with van der Waals surface area (Å²) in [7, 11) is 0. The van der Waals surface area contributed by atoms with Crippen LogP contribution in [0, 0.1) is 5.41 Å². The number of ether oxygens (including phenoxy) is 1. The van der Waals surface area contributed by atoms with Crippen molar-refractivity contribution in [1.82, 2.24) is 4.98 Å². The number of hydrogen-bond acceptors (Lipinski definition) is 5. The van der Waals surface area contributed by atoms with E-state index in [1.54, 1.807) is 24.2 Å². The van der Waals surface area contributed by atoms with Crippen molar-refractivity contribution in [1.29, 1.82) is 0 Å². The highest BCUT2D eigenvalue weighted by atomic mass is 16.5. The van der Waals surface area contributed by atoms with E-state index >= 15 is 0 Å². The molecule has 178 valence electrons. The van der Waals surface area contributed by atoms with Gasteiger partial charge in [0.1, 0.15) is 12.4 Å². The van der Waals surface area contributed by atoms with Gasteiger partial charge in [0, 0.05) is 37.0 Å². The predicted octanol–water partition coefficient (Wildman–Crippen LogP) is 5.82. The average Bonchev–Trinajstić information content (AvgIpc) is 2.97. The van der Waals surface area contributed by atoms with Gasteiger partial charge in [-0.3, -0.25) is 19.5 Å². The fourth-order valence-corrected chi connectivity index (χ4v) is 5.04. The van der Waals surface area contributed by atoms with Gasteiger partial charge in [0.15, 0.2) is 5.78 Å². The molecule has 0 spiro atoms. The van der Waals surface area contributed by atoms with Gasteiger partial charge in [-0.1, -0.05) is 38.1 Å². The number of hydrogen-bond donors (Lipinski definition) is 1. The van der Waals surface area contributed by atoms with Gasteiger partial charge in [-0.05, 0) is 59.4 Å². The minimum absolute atomic E-state index is 0.0748. The number of nitrogens with one attached hydrogen (secondary N) is 1. The van der Waals surface area contributed by atoms with Gasteiger partial charge in [-0.2, -0.15) is 0 Å². The summed E-state index contributed by atoms with van der Waals surface area (Å²) < 4.78 is 5.95. The van der Waals surface area contributed by atoms with Crippen LogP contribution in [0.3, 0.4) is 0 Å². The van der Waals surface area contributed by atoms with Crippen LogP contribution in [0.15, 0.2) is 84.3 Å². The van der Waals surface area contributed by atoms with Gasteiger partial charge in [0.05, 0.1) is 17.4 Å². The Balaban J connectivity index is 1.56. The molecule has 0 fully saturated rings. The van der Waals surface area contributed by atoms with E-state index in [4.69, 9.17) is 4.74 Å². The number of benzene rings is 2. The molecule has 35 heavy (non-hydrogen) atoms. The second-order valence-electron chi connectivity index (χ2n) is 9.98. The molecule has 3 aromatic rings. The van der Waals surface area contributed by atoms with E-state index in [1.807, 2.05) is 60.7 Å². The Labute approximate surface area is 205 Å². The number of pyridine rings is 1. The number of allylic oxidation sites excluding steroid dienone is 1. The zero-order chi connectivity index (χ0) is 24.6. The number of carbonyl (C=O) groups is 2. The standard InChI is InChI=1S/C29H29N3O3/c1-19(33)32-25-7-5-4-6-23(25)31-24-16-29(2,3)17-26(34)27(24)28(32)21-8-10-22(11-9-21)35-18-20-12-14-30-15-13-20/h4-15,28,31H,16-18H2,1-3H3. The number of aromatic nitrogens is 1. The number of amides is 1. The van der Waals surface area contributed by atoms with Gasteiger partial charge >= 0.3 is 0 Å². The maximum Gasteiger partial charge on any atom is 0.224 e. The molecule has 0 saturated carbocycles. The minimum atomic E-state index is -0.517. The van der Waals surface area contributed by atoms with Gasteiger partial charge in [-0.25, -0.2) is 0 Å². The van der Waals surface area contributed by atoms with E-state index in [9.17, 15) is 9.59 Å². The molecule has 1 amide bonds. The molecule has 0 bridgehead atoms. The Bertz CT molecular complexity index is 1300. The van der Waals surface area contributed by atoms with Crippen molar-refractivity contribution >= 4 is 23.1 Å². The zero-order valence-electron chi connectivity index (χ0n) is 20.2. The number of rotatable bonds is 4. The Morgan fingerprint density at radius 3 is 2.49 bits per heavy atom. The number of fused-ring (bicyclic) bond motifs is 1. The number of anilines is 2. The van der Waals surface area contributed by atoms with Crippen LogP contribution in [0.4, 0.5) is 11.4 Å². The summed E-state index contributed by atoms with van der Waals surface area (Å²) in [5.41, 5.74) is 4.91. The molecule has 1 unspecified atom stereocenters. The van der Waals surface area contributed by atoms with Crippen LogP contribution in [0.1, 0.15) is 50.8 Å². The first-order chi connectivity index (χ1) is 16.8. The normalized spacial score (nSPS) is 18.8. The molecular weight excluding hydrogens is 438 g/mol. The van der Waals surface area contributed by atoms with Crippen molar-refractivity contribution in [3.8, 4) is 5.75 Å². The first-order valence-electron chi connectivity index (χ1n) is 11.9. The summed E-state index contributed by atoms with van der Waals surface area (Å²) in [6.45, 7) is 6.21. The van der Waals surface area contributed by atoms with Crippen molar-refractivity contribution in [3.05, 3.63) is 95.5 Å². The molecule has 6 nitrogen and oxygen atoms in total. The number of carbonyl (C=O) groups excluding carboxylic acids is 2. The highest BCUT2D eigenvalue weighted by Crippen LogP contribution is 2.48. The molecule has 1 atom stereocenters. The maximum atomic E-state index is 13.6. The van der Waals surface area contributed by atoms with Gasteiger partial charge < -0.3 is 10.1 Å². The van der Waals surface area contributed by atoms with Crippen molar-refractivity contribution < 1.29 is 14.3 Å². The predicted molar refractivity (Wildman–Crippen MR) is 136 cm³/mol. The summed E-state index contributed by atoms with van der Waals surface area (Å²) >= 11 is 0. The molecule has 5 rings (SSSR count). The molecule has 1 aliphatic heterocycles. The lowest BCUT2D eigenvalue weighted by Gasteiger charge is -2.36. The van der Waals surface area contributed by atoms with E-state index in [2.05, 4.69) is 24.1 Å². The number of para-hydroxylation sites is 2. The van der Waals surface area contributed by atoms with Crippen molar-refractivity contribution in [3.63, 3.8) is 0 Å². The highest BCUT2D eigenvalue weighted by Gasteiger charge is 2.42. The first kappa shape index (κ1) is 22.8. The molecule has 2 aromatic carbocycles. The zero-order valence-corrected chi connectivity index (χ0v) is 20.2. The monoisotopic (exact) mass is 467 g/mol. The summed E-state index contributed by atoms with van der Waals surface area (Å²) in [4.78, 5) is 32.4. The fourth-order valence-electron chi connectivity index (χ4n) is 5.04. The molecule has 1 aromatic heterocycles. The van der Waals surface area contributed by atoms with Gasteiger partial charge in [0.2, 0.25) is 5.91 Å². The van der Waals surface area contributed by atoms with E-state index < -0.39 is 6.04 Å². The number of ketones is 1. The molecule has 1 aliphatic carbocycles. The smallest absolute Gasteiger partial charge is 0.224 e. The topological polar surface area (TPSA) is 71.5 Å². The molecular formula is C29H29N3O3. The molecule has 0 radical (unpaired) electrons. The maximum absolute atomic E-state index is 13.6. The third-order valence-corrected chi connectivity index (χ3v) is 6.59. The van der Waals surface area contributed by atoms with Crippen molar-refractivity contribution in [2.45, 2.75) is 46.3 Å². The second-order valence-corrected chi connectivity index (χ2v) is 9.98. The van der Waals surface area contributed by atoms with Crippen LogP contribution in [0.25, 0.3) is 0 Å². The number of Topliss-reactive ketones (excluding diaryl/α,β-unsaturated/α-hetero) is 1. The quantitative estimate of drug-likeness (QED) is 0.523. The van der Waals surface area contributed by atoms with Crippen LogP contribution < -0.4 is 15.0 Å². The summed E-state index contributed by atoms with van der Waals surface area (Å²) in [5.74, 6) is 0.678. The van der Waals surface area contributed by atoms with Crippen molar-refractivity contribution in [2.24, 2.45) is 5.41 Å². The van der Waals surface area contributed by atoms with E-state index in [0.717, 1.165) is 40.4 Å². The lowest BCUT2D eigenvalue weighted by atomic mass is 9.73. The van der Waals surface area contributed by atoms with Gasteiger partial charge in [0.25, 0.3) is 0 Å². The molecule has 6 heteroatoms. The third-order valence-electron chi connectivity index (χ3n) is 6.59. The highest BCUT2D eigenvalue weighted by molar-refractivity contribution is 6.05. The molecule has 2 heterocycles.